The number of benzene rings is 2. The Kier molecular flexibility index (Phi) is 3.88. The molecule has 2 aromatic rings. The number of aliphatic imine (C=N–C) groups is 1. The molecule has 0 radical (unpaired) electrons. The van der Waals surface area contributed by atoms with Gasteiger partial charge in [-0.15, -0.1) is 0 Å². The molecule has 4 rings (SSSR count). The number of thioether (sulfide) groups is 1. The van der Waals surface area contributed by atoms with Crippen LogP contribution >= 0.6 is 11.8 Å². The lowest BCUT2D eigenvalue weighted by Gasteiger charge is -2.35. The Morgan fingerprint density at radius 3 is 2.72 bits per heavy atom. The minimum absolute atomic E-state index is 0.0440. The van der Waals surface area contributed by atoms with Crippen LogP contribution in [-0.2, 0) is 16.9 Å². The van der Waals surface area contributed by atoms with Crippen molar-refractivity contribution in [3.63, 3.8) is 0 Å². The number of rotatable bonds is 2. The van der Waals surface area contributed by atoms with Gasteiger partial charge < -0.3 is 10.2 Å². The van der Waals surface area contributed by atoms with Crippen LogP contribution in [0.25, 0.3) is 0 Å². The number of fused-ring (bicyclic) bond motifs is 2. The molecule has 1 unspecified atom stereocenters. The van der Waals surface area contributed by atoms with E-state index in [1.54, 1.807) is 4.90 Å². The summed E-state index contributed by atoms with van der Waals surface area (Å²) < 4.78 is 0. The average Bonchev–Trinajstić information content (AvgIpc) is 2.83. The largest absolute Gasteiger partial charge is 0.346 e. The molecule has 2 aromatic carbocycles. The van der Waals surface area contributed by atoms with E-state index >= 15 is 0 Å². The Morgan fingerprint density at radius 1 is 1.20 bits per heavy atom. The summed E-state index contributed by atoms with van der Waals surface area (Å²) in [7, 11) is 1.82. The molecule has 5 heteroatoms. The molecule has 1 atom stereocenters. The zero-order valence-electron chi connectivity index (χ0n) is 14.0. The van der Waals surface area contributed by atoms with Crippen LogP contribution in [-0.4, -0.2) is 18.1 Å². The molecule has 1 N–H and O–H groups in total. The molecule has 0 aliphatic carbocycles. The highest BCUT2D eigenvalue weighted by Crippen LogP contribution is 2.47. The van der Waals surface area contributed by atoms with E-state index in [1.165, 1.54) is 11.8 Å². The zero-order chi connectivity index (χ0) is 17.4. The summed E-state index contributed by atoms with van der Waals surface area (Å²) in [6.45, 7) is 4.72. The van der Waals surface area contributed by atoms with E-state index in [9.17, 15) is 4.79 Å². The lowest BCUT2D eigenvalue weighted by Crippen LogP contribution is -2.54. The molecule has 1 amide bonds. The second-order valence-corrected chi connectivity index (χ2v) is 7.50. The van der Waals surface area contributed by atoms with E-state index in [1.807, 2.05) is 61.6 Å². The van der Waals surface area contributed by atoms with Crippen molar-refractivity contribution in [1.82, 2.24) is 5.32 Å². The molecule has 1 saturated heterocycles. The van der Waals surface area contributed by atoms with E-state index in [-0.39, 0.29) is 5.91 Å². The van der Waals surface area contributed by atoms with Gasteiger partial charge in [-0.2, -0.15) is 0 Å². The van der Waals surface area contributed by atoms with Crippen LogP contribution in [0.5, 0.6) is 0 Å². The van der Waals surface area contributed by atoms with Crippen molar-refractivity contribution in [2.24, 2.45) is 4.99 Å². The first-order valence-corrected chi connectivity index (χ1v) is 9.02. The van der Waals surface area contributed by atoms with Gasteiger partial charge in [0.1, 0.15) is 0 Å². The maximum atomic E-state index is 13.1. The van der Waals surface area contributed by atoms with Gasteiger partial charge in [-0.3, -0.25) is 9.79 Å². The molecule has 2 aliphatic rings. The molecular formula is C20H19N3OS. The predicted molar refractivity (Wildman–Crippen MR) is 104 cm³/mol. The number of amidine groups is 1. The molecule has 25 heavy (non-hydrogen) atoms. The Balaban J connectivity index is 1.69. The van der Waals surface area contributed by atoms with Crippen LogP contribution in [0.15, 0.2) is 71.1 Å². The highest BCUT2D eigenvalue weighted by molar-refractivity contribution is 8.17. The van der Waals surface area contributed by atoms with Crippen molar-refractivity contribution in [3.8, 4) is 0 Å². The van der Waals surface area contributed by atoms with Crippen molar-refractivity contribution < 1.29 is 4.79 Å². The number of likely N-dealkylation sites (N-methyl/N-ethyl adjacent to an activating group) is 1. The van der Waals surface area contributed by atoms with Crippen LogP contribution in [0.2, 0.25) is 0 Å². The number of nitrogens with one attached hydrogen (secondary N) is 1. The van der Waals surface area contributed by atoms with Gasteiger partial charge in [0.05, 0.1) is 6.54 Å². The maximum absolute atomic E-state index is 13.1. The summed E-state index contributed by atoms with van der Waals surface area (Å²) in [6.07, 6.45) is 0.572. The Bertz CT molecular complexity index is 878. The van der Waals surface area contributed by atoms with Gasteiger partial charge in [0.25, 0.3) is 5.91 Å². The third kappa shape index (κ3) is 2.65. The second kappa shape index (κ2) is 6.08. The highest BCUT2D eigenvalue weighted by atomic mass is 32.2. The van der Waals surface area contributed by atoms with Crippen molar-refractivity contribution in [1.29, 1.82) is 0 Å². The highest BCUT2D eigenvalue weighted by Gasteiger charge is 2.52. The van der Waals surface area contributed by atoms with Gasteiger partial charge >= 0.3 is 0 Å². The minimum atomic E-state index is -0.788. The van der Waals surface area contributed by atoms with Gasteiger partial charge in [-0.25, -0.2) is 0 Å². The van der Waals surface area contributed by atoms with E-state index in [0.717, 1.165) is 26.9 Å². The Morgan fingerprint density at radius 2 is 1.92 bits per heavy atom. The van der Waals surface area contributed by atoms with E-state index in [0.29, 0.717) is 13.0 Å². The van der Waals surface area contributed by atoms with Gasteiger partial charge in [0.2, 0.25) is 0 Å². The van der Waals surface area contributed by atoms with Crippen molar-refractivity contribution in [2.75, 3.05) is 11.9 Å². The van der Waals surface area contributed by atoms with Gasteiger partial charge in [0, 0.05) is 24.7 Å². The van der Waals surface area contributed by atoms with Gasteiger partial charge in [-0.05, 0) is 16.5 Å². The molecule has 0 aromatic heterocycles. The molecule has 2 heterocycles. The summed E-state index contributed by atoms with van der Waals surface area (Å²) in [6, 6.07) is 18.0. The Hall–Kier alpha value is -2.53. The fourth-order valence-corrected chi connectivity index (χ4v) is 4.39. The van der Waals surface area contributed by atoms with E-state index < -0.39 is 5.54 Å². The van der Waals surface area contributed by atoms with E-state index in [4.69, 9.17) is 4.99 Å². The quantitative estimate of drug-likeness (QED) is 0.900. The normalized spacial score (nSPS) is 23.9. The number of carbonyl (C=O) groups excluding carboxylic acids is 1. The monoisotopic (exact) mass is 349 g/mol. The number of nitrogens with zero attached hydrogens (tertiary/aromatic N) is 2. The van der Waals surface area contributed by atoms with Crippen molar-refractivity contribution in [2.45, 2.75) is 18.5 Å². The lowest BCUT2D eigenvalue weighted by molar-refractivity contribution is -0.123. The predicted octanol–water partition coefficient (Wildman–Crippen LogP) is 3.65. The third-order valence-electron chi connectivity index (χ3n) is 4.67. The molecule has 2 aliphatic heterocycles. The second-order valence-electron chi connectivity index (χ2n) is 6.34. The van der Waals surface area contributed by atoms with Gasteiger partial charge in [-0.1, -0.05) is 66.9 Å². The zero-order valence-corrected chi connectivity index (χ0v) is 14.8. The van der Waals surface area contributed by atoms with Gasteiger partial charge in [0.15, 0.2) is 10.7 Å². The van der Waals surface area contributed by atoms with Crippen molar-refractivity contribution in [3.05, 3.63) is 77.2 Å². The number of carbonyl (C=O) groups is 1. The lowest BCUT2D eigenvalue weighted by atomic mass is 9.87. The minimum Gasteiger partial charge on any atom is -0.346 e. The van der Waals surface area contributed by atoms with Crippen LogP contribution in [0.3, 0.4) is 0 Å². The first kappa shape index (κ1) is 16.0. The van der Waals surface area contributed by atoms with Crippen LogP contribution in [0, 0.1) is 0 Å². The summed E-state index contributed by atoms with van der Waals surface area (Å²) in [5.41, 5.74) is 2.29. The molecule has 4 nitrogen and oxygen atoms in total. The number of amides is 1. The fourth-order valence-electron chi connectivity index (χ4n) is 3.47. The standard InChI is InChI=1S/C20H19N3OS/c1-14-12-20(16-10-6-7-11-17(16)23(2)18(20)24)22-19(25-14)21-13-15-8-4-3-5-9-15/h3-11H,1,12-13H2,2H3,(H,21,22). The summed E-state index contributed by atoms with van der Waals surface area (Å²) in [5, 5.41) is 4.18. The number of anilines is 1. The fraction of sp³-hybridized carbons (Fsp3) is 0.200. The summed E-state index contributed by atoms with van der Waals surface area (Å²) in [4.78, 5) is 20.4. The SMILES string of the molecule is C=C1CC2(NC(=NCc3ccccc3)S1)C(=O)N(C)c1ccccc12. The van der Waals surface area contributed by atoms with Crippen LogP contribution < -0.4 is 10.2 Å². The molecule has 1 spiro atoms. The first-order chi connectivity index (χ1) is 12.1. The smallest absolute Gasteiger partial charge is 0.257 e. The molecule has 0 saturated carbocycles. The molecule has 0 bridgehead atoms. The average molecular weight is 349 g/mol. The summed E-state index contributed by atoms with van der Waals surface area (Å²) in [5.74, 6) is 0.0440. The number of para-hydroxylation sites is 1. The van der Waals surface area contributed by atoms with Crippen molar-refractivity contribution >= 4 is 28.5 Å². The van der Waals surface area contributed by atoms with E-state index in [2.05, 4.69) is 11.9 Å². The topological polar surface area (TPSA) is 44.7 Å². The molecule has 1 fully saturated rings. The first-order valence-electron chi connectivity index (χ1n) is 8.20. The van der Waals surface area contributed by atoms with Crippen LogP contribution in [0.1, 0.15) is 17.5 Å². The number of hydrogen-bond acceptors (Lipinski definition) is 3. The third-order valence-corrected chi connectivity index (χ3v) is 5.52. The number of hydrogen-bond donors (Lipinski definition) is 1. The Labute approximate surface area is 151 Å². The summed E-state index contributed by atoms with van der Waals surface area (Å²) >= 11 is 1.52. The maximum Gasteiger partial charge on any atom is 0.257 e. The molecule has 126 valence electrons. The van der Waals surface area contributed by atoms with Crippen LogP contribution in [0.4, 0.5) is 5.69 Å². The molecular weight excluding hydrogens is 330 g/mol.